The minimum atomic E-state index is -1.52. The van der Waals surface area contributed by atoms with Crippen LogP contribution in [-0.4, -0.2) is 8.07 Å². The van der Waals surface area contributed by atoms with Gasteiger partial charge in [0.1, 0.15) is 0 Å². The first-order chi connectivity index (χ1) is 9.22. The SMILES string of the molecule is CCCCC1=[C-]CC=C1[Si](C)(CC)c1ccccc1.[Cl-].[Cl-].[Cl-].[Ti+4]. The second kappa shape index (κ2) is 13.8. The topological polar surface area (TPSA) is 0 Å². The molecule has 0 spiro atoms. The summed E-state index contributed by atoms with van der Waals surface area (Å²) >= 11 is 0. The zero-order valence-electron chi connectivity index (χ0n) is 14.1. The number of hydrogen-bond acceptors (Lipinski definition) is 0. The van der Waals surface area contributed by atoms with Crippen LogP contribution >= 0.6 is 0 Å². The van der Waals surface area contributed by atoms with Crippen LogP contribution in [0.2, 0.25) is 12.6 Å². The Hall–Kier alpha value is 0.501. The minimum Gasteiger partial charge on any atom is -1.00 e. The maximum Gasteiger partial charge on any atom is 4.00 e. The Labute approximate surface area is 176 Å². The molecular weight excluding hydrogens is 399 g/mol. The summed E-state index contributed by atoms with van der Waals surface area (Å²) in [5, 5.41) is 3.23. The molecule has 0 saturated carbocycles. The summed E-state index contributed by atoms with van der Waals surface area (Å²) in [5.41, 5.74) is 1.53. The van der Waals surface area contributed by atoms with Crippen molar-refractivity contribution in [1.29, 1.82) is 0 Å². The molecule has 1 aromatic rings. The molecule has 0 saturated heterocycles. The van der Waals surface area contributed by atoms with E-state index in [0.717, 1.165) is 6.42 Å². The Morgan fingerprint density at radius 2 is 1.65 bits per heavy atom. The molecule has 0 fully saturated rings. The maximum atomic E-state index is 3.61. The molecule has 0 aliphatic heterocycles. The molecule has 0 N–H and O–H groups in total. The van der Waals surface area contributed by atoms with Crippen molar-refractivity contribution in [3.05, 3.63) is 53.3 Å². The third-order valence-electron chi connectivity index (χ3n) is 4.44. The Bertz CT molecular complexity index is 488. The van der Waals surface area contributed by atoms with E-state index >= 15 is 0 Å². The number of benzene rings is 1. The predicted molar refractivity (Wildman–Crippen MR) is 87.2 cm³/mol. The second-order valence-electron chi connectivity index (χ2n) is 5.63. The molecule has 0 radical (unpaired) electrons. The zero-order valence-corrected chi connectivity index (χ0v) is 19.0. The molecule has 1 unspecified atom stereocenters. The third-order valence-corrected chi connectivity index (χ3v) is 9.16. The smallest absolute Gasteiger partial charge is 1.00 e. The van der Waals surface area contributed by atoms with Crippen LogP contribution in [-0.2, 0) is 21.7 Å². The van der Waals surface area contributed by atoms with Crippen LogP contribution in [0.4, 0.5) is 0 Å². The van der Waals surface area contributed by atoms with E-state index in [1.165, 1.54) is 30.9 Å². The van der Waals surface area contributed by atoms with Crippen LogP contribution in [0.3, 0.4) is 0 Å². The first kappa shape index (κ1) is 28.3. The van der Waals surface area contributed by atoms with E-state index in [4.69, 9.17) is 0 Å². The molecule has 0 bridgehead atoms. The van der Waals surface area contributed by atoms with Gasteiger partial charge in [-0.25, -0.2) is 5.57 Å². The number of halogens is 3. The molecular formula is C18H25Cl3SiTi. The molecule has 1 aromatic carbocycles. The standard InChI is InChI=1S/C18H25Si.3ClH.Ti/c1-4-6-11-16-12-10-15-18(16)19(3,5-2)17-13-8-7-9-14-17;;;;/h7-9,13-15H,4-6,10-11H2,1-3H3;3*1H;/q-1;;;;+4/p-3. The molecule has 5 heteroatoms. The fourth-order valence-corrected chi connectivity index (χ4v) is 6.45. The molecule has 126 valence electrons. The first-order valence-electron chi connectivity index (χ1n) is 7.58. The van der Waals surface area contributed by atoms with Crippen molar-refractivity contribution in [2.45, 2.75) is 52.1 Å². The Kier molecular flexibility index (Phi) is 16.9. The van der Waals surface area contributed by atoms with Gasteiger partial charge in [0.2, 0.25) is 0 Å². The summed E-state index contributed by atoms with van der Waals surface area (Å²) in [6, 6.07) is 12.4. The molecule has 0 amide bonds. The van der Waals surface area contributed by atoms with Gasteiger partial charge in [0, 0.05) is 8.07 Å². The molecule has 1 aliphatic carbocycles. The summed E-state index contributed by atoms with van der Waals surface area (Å²) < 4.78 is 0. The summed E-state index contributed by atoms with van der Waals surface area (Å²) in [5.74, 6) is 0. The maximum absolute atomic E-state index is 3.61. The van der Waals surface area contributed by atoms with E-state index in [0.29, 0.717) is 0 Å². The third kappa shape index (κ3) is 6.72. The number of rotatable bonds is 6. The molecule has 2 rings (SSSR count). The van der Waals surface area contributed by atoms with Crippen molar-refractivity contribution in [3.8, 4) is 0 Å². The second-order valence-corrected chi connectivity index (χ2v) is 10.1. The van der Waals surface area contributed by atoms with Gasteiger partial charge >= 0.3 is 21.7 Å². The normalized spacial score (nSPS) is 14.7. The predicted octanol–water partition coefficient (Wildman–Crippen LogP) is -4.21. The van der Waals surface area contributed by atoms with Gasteiger partial charge in [0.05, 0.1) is 0 Å². The van der Waals surface area contributed by atoms with Gasteiger partial charge in [-0.05, 0) is 0 Å². The van der Waals surface area contributed by atoms with Crippen LogP contribution in [0.5, 0.6) is 0 Å². The Morgan fingerprint density at radius 3 is 2.17 bits per heavy atom. The van der Waals surface area contributed by atoms with Crippen molar-refractivity contribution in [3.63, 3.8) is 0 Å². The zero-order chi connectivity index (χ0) is 13.7. The monoisotopic (exact) mass is 422 g/mol. The van der Waals surface area contributed by atoms with E-state index in [1.807, 2.05) is 0 Å². The van der Waals surface area contributed by atoms with E-state index in [2.05, 4.69) is 62.9 Å². The van der Waals surface area contributed by atoms with E-state index < -0.39 is 8.07 Å². The molecule has 0 aromatic heterocycles. The van der Waals surface area contributed by atoms with Crippen molar-refractivity contribution in [2.75, 3.05) is 0 Å². The van der Waals surface area contributed by atoms with Crippen molar-refractivity contribution < 1.29 is 58.9 Å². The van der Waals surface area contributed by atoms with Crippen LogP contribution in [0.1, 0.15) is 39.5 Å². The van der Waals surface area contributed by atoms with Gasteiger partial charge in [-0.2, -0.15) is 11.3 Å². The summed E-state index contributed by atoms with van der Waals surface area (Å²) in [7, 11) is -1.52. The molecule has 1 atom stereocenters. The Morgan fingerprint density at radius 1 is 1.04 bits per heavy atom. The summed E-state index contributed by atoms with van der Waals surface area (Å²) in [6.07, 6.45) is 10.9. The fourth-order valence-electron chi connectivity index (χ4n) is 2.99. The van der Waals surface area contributed by atoms with Crippen LogP contribution in [0.25, 0.3) is 0 Å². The van der Waals surface area contributed by atoms with Crippen LogP contribution in [0, 0.1) is 6.08 Å². The van der Waals surface area contributed by atoms with Gasteiger partial charge in [-0.15, -0.1) is 6.42 Å². The Balaban J connectivity index is -0.000001000. The average Bonchev–Trinajstić information content (AvgIpc) is 2.94. The van der Waals surface area contributed by atoms with E-state index in [1.54, 1.807) is 10.4 Å². The number of allylic oxidation sites excluding steroid dienone is 4. The van der Waals surface area contributed by atoms with Gasteiger partial charge in [0.15, 0.2) is 0 Å². The average molecular weight is 424 g/mol. The van der Waals surface area contributed by atoms with Gasteiger partial charge in [0.25, 0.3) is 0 Å². The summed E-state index contributed by atoms with van der Waals surface area (Å²) in [6.45, 7) is 7.15. The van der Waals surface area contributed by atoms with Crippen LogP contribution in [0.15, 0.2) is 47.2 Å². The van der Waals surface area contributed by atoms with Crippen molar-refractivity contribution in [1.82, 2.24) is 0 Å². The quantitative estimate of drug-likeness (QED) is 0.322. The largest absolute Gasteiger partial charge is 4.00 e. The number of hydrogen-bond donors (Lipinski definition) is 0. The van der Waals surface area contributed by atoms with E-state index in [9.17, 15) is 0 Å². The van der Waals surface area contributed by atoms with Gasteiger partial charge in [-0.1, -0.05) is 81.2 Å². The van der Waals surface area contributed by atoms with E-state index in [-0.39, 0.29) is 58.9 Å². The minimum absolute atomic E-state index is 0. The molecule has 1 aliphatic rings. The molecule has 0 heterocycles. The van der Waals surface area contributed by atoms with Crippen LogP contribution < -0.4 is 42.4 Å². The fraction of sp³-hybridized carbons (Fsp3) is 0.444. The first-order valence-corrected chi connectivity index (χ1v) is 10.3. The van der Waals surface area contributed by atoms with Crippen molar-refractivity contribution >= 4 is 13.3 Å². The van der Waals surface area contributed by atoms with Crippen molar-refractivity contribution in [2.24, 2.45) is 0 Å². The van der Waals surface area contributed by atoms with Gasteiger partial charge < -0.3 is 37.2 Å². The molecule has 23 heavy (non-hydrogen) atoms. The van der Waals surface area contributed by atoms with Gasteiger partial charge in [-0.3, -0.25) is 6.08 Å². The molecule has 0 nitrogen and oxygen atoms in total. The summed E-state index contributed by atoms with van der Waals surface area (Å²) in [4.78, 5) is 0. The number of unbranched alkanes of at least 4 members (excludes halogenated alkanes) is 1.